The first-order valence-electron chi connectivity index (χ1n) is 8.74. The summed E-state index contributed by atoms with van der Waals surface area (Å²) in [7, 11) is 1.45. The van der Waals surface area contributed by atoms with Gasteiger partial charge in [0, 0.05) is 22.3 Å². The van der Waals surface area contributed by atoms with Crippen molar-refractivity contribution in [3.05, 3.63) is 53.6 Å². The fraction of sp³-hybridized carbons (Fsp3) is 0.238. The molecule has 2 heterocycles. The molecule has 0 fully saturated rings. The van der Waals surface area contributed by atoms with E-state index in [0.717, 1.165) is 0 Å². The molecule has 4 rings (SSSR count). The molecule has 1 aliphatic heterocycles. The third-order valence-corrected chi connectivity index (χ3v) is 6.36. The Morgan fingerprint density at radius 3 is 2.59 bits per heavy atom. The Hall–Kier alpha value is -2.74. The summed E-state index contributed by atoms with van der Waals surface area (Å²) >= 11 is -0.232. The predicted molar refractivity (Wildman–Crippen MR) is 106 cm³/mol. The van der Waals surface area contributed by atoms with Crippen molar-refractivity contribution in [3.8, 4) is 17.0 Å². The minimum absolute atomic E-state index is 0.232. The molecule has 0 spiro atoms. The normalized spacial score (nSPS) is 18.4. The number of alkyl halides is 3. The SMILES string of the molecule is COc1ccc2c(c1)[C@](C)(CSC(F)(F)F)C(=O)n1c-2c(C=O)c2ccccc21. The van der Waals surface area contributed by atoms with Crippen LogP contribution in [0.3, 0.4) is 0 Å². The smallest absolute Gasteiger partial charge is 0.441 e. The van der Waals surface area contributed by atoms with Gasteiger partial charge in [0.2, 0.25) is 5.91 Å². The Bertz CT molecular complexity index is 1150. The van der Waals surface area contributed by atoms with Gasteiger partial charge in [0.05, 0.1) is 23.7 Å². The van der Waals surface area contributed by atoms with Crippen molar-refractivity contribution >= 4 is 34.9 Å². The van der Waals surface area contributed by atoms with Crippen LogP contribution >= 0.6 is 11.8 Å². The van der Waals surface area contributed by atoms with Gasteiger partial charge < -0.3 is 4.74 Å². The molecule has 0 saturated carbocycles. The van der Waals surface area contributed by atoms with Crippen molar-refractivity contribution < 1.29 is 27.5 Å². The van der Waals surface area contributed by atoms with Gasteiger partial charge in [0.15, 0.2) is 6.29 Å². The van der Waals surface area contributed by atoms with Crippen LogP contribution in [-0.2, 0) is 5.41 Å². The average Bonchev–Trinajstić information content (AvgIpc) is 3.04. The Morgan fingerprint density at radius 2 is 1.93 bits per heavy atom. The Morgan fingerprint density at radius 1 is 1.21 bits per heavy atom. The minimum atomic E-state index is -4.48. The molecule has 4 nitrogen and oxygen atoms in total. The van der Waals surface area contributed by atoms with E-state index >= 15 is 0 Å². The number of hydrogen-bond donors (Lipinski definition) is 0. The number of hydrogen-bond acceptors (Lipinski definition) is 4. The third kappa shape index (κ3) is 2.93. The van der Waals surface area contributed by atoms with Crippen LogP contribution in [0.2, 0.25) is 0 Å². The largest absolute Gasteiger partial charge is 0.497 e. The zero-order chi connectivity index (χ0) is 21.0. The van der Waals surface area contributed by atoms with Crippen LogP contribution in [0.4, 0.5) is 13.2 Å². The number of aldehydes is 1. The van der Waals surface area contributed by atoms with Crippen LogP contribution in [0.5, 0.6) is 5.75 Å². The number of halogens is 3. The van der Waals surface area contributed by atoms with E-state index in [1.807, 2.05) is 0 Å². The molecule has 1 atom stereocenters. The summed E-state index contributed by atoms with van der Waals surface area (Å²) in [6.07, 6.45) is 0.683. The molecule has 8 heteroatoms. The summed E-state index contributed by atoms with van der Waals surface area (Å²) < 4.78 is 45.7. The van der Waals surface area contributed by atoms with Gasteiger partial charge in [-0.05, 0) is 48.5 Å². The second kappa shape index (κ2) is 6.66. The summed E-state index contributed by atoms with van der Waals surface area (Å²) in [5, 5.41) is 0.584. The summed E-state index contributed by atoms with van der Waals surface area (Å²) in [6.45, 7) is 1.50. The van der Waals surface area contributed by atoms with Crippen LogP contribution in [0.1, 0.15) is 27.6 Å². The van der Waals surface area contributed by atoms with Crippen LogP contribution in [0, 0.1) is 0 Å². The molecular weight excluding hydrogens is 403 g/mol. The second-order valence-electron chi connectivity index (χ2n) is 7.02. The van der Waals surface area contributed by atoms with E-state index in [-0.39, 0.29) is 11.8 Å². The molecular formula is C21H16F3NO3S. The molecule has 1 aromatic heterocycles. The van der Waals surface area contributed by atoms with Crippen molar-refractivity contribution in [3.63, 3.8) is 0 Å². The molecule has 0 unspecified atom stereocenters. The molecule has 3 aromatic rings. The number of methoxy groups -OCH3 is 1. The van der Waals surface area contributed by atoms with Gasteiger partial charge in [0.25, 0.3) is 0 Å². The quantitative estimate of drug-likeness (QED) is 0.539. The first kappa shape index (κ1) is 19.6. The van der Waals surface area contributed by atoms with E-state index < -0.39 is 22.6 Å². The molecule has 0 bridgehead atoms. The van der Waals surface area contributed by atoms with E-state index in [0.29, 0.717) is 45.3 Å². The maximum absolute atomic E-state index is 13.6. The van der Waals surface area contributed by atoms with Gasteiger partial charge in [-0.15, -0.1) is 0 Å². The van der Waals surface area contributed by atoms with Gasteiger partial charge >= 0.3 is 5.51 Å². The topological polar surface area (TPSA) is 48.3 Å². The number of thioether (sulfide) groups is 1. The number of benzene rings is 2. The maximum Gasteiger partial charge on any atom is 0.441 e. The summed E-state index contributed by atoms with van der Waals surface area (Å²) in [4.78, 5) is 25.5. The Labute approximate surface area is 168 Å². The van der Waals surface area contributed by atoms with E-state index in [2.05, 4.69) is 0 Å². The van der Waals surface area contributed by atoms with Crippen LogP contribution in [0.25, 0.3) is 22.2 Å². The fourth-order valence-electron chi connectivity index (χ4n) is 3.90. The highest BCUT2D eigenvalue weighted by molar-refractivity contribution is 8.00. The van der Waals surface area contributed by atoms with E-state index in [1.54, 1.807) is 42.5 Å². The first-order valence-corrected chi connectivity index (χ1v) is 9.73. The molecule has 0 radical (unpaired) electrons. The zero-order valence-corrected chi connectivity index (χ0v) is 16.4. The molecule has 0 saturated heterocycles. The van der Waals surface area contributed by atoms with Crippen LogP contribution < -0.4 is 4.74 Å². The number of carbonyl (C=O) groups is 2. The molecule has 0 amide bonds. The van der Waals surface area contributed by atoms with Crippen LogP contribution in [-0.4, -0.2) is 35.1 Å². The van der Waals surface area contributed by atoms with E-state index in [4.69, 9.17) is 4.74 Å². The first-order chi connectivity index (χ1) is 13.7. The van der Waals surface area contributed by atoms with Gasteiger partial charge in [0.1, 0.15) is 5.75 Å². The molecule has 0 N–H and O–H groups in total. The van der Waals surface area contributed by atoms with Crippen molar-refractivity contribution in [2.24, 2.45) is 0 Å². The standard InChI is InChI=1S/C21H16F3NO3S/c1-20(11-29-21(22,23)24)16-9-12(28-2)7-8-14(16)18-15(10-26)13-5-3-4-6-17(13)25(18)19(20)27/h3-10H,11H2,1-2H3/t20-/m0/s1. The lowest BCUT2D eigenvalue weighted by Gasteiger charge is -2.36. The van der Waals surface area contributed by atoms with Crippen molar-refractivity contribution in [2.45, 2.75) is 17.8 Å². The monoisotopic (exact) mass is 419 g/mol. The summed E-state index contributed by atoms with van der Waals surface area (Å²) in [6, 6.07) is 11.8. The number of fused-ring (bicyclic) bond motifs is 5. The van der Waals surface area contributed by atoms with Crippen molar-refractivity contribution in [2.75, 3.05) is 12.9 Å². The number of rotatable bonds is 4. The summed E-state index contributed by atoms with van der Waals surface area (Å²) in [5.74, 6) is -0.566. The minimum Gasteiger partial charge on any atom is -0.497 e. The van der Waals surface area contributed by atoms with Gasteiger partial charge in [-0.2, -0.15) is 13.2 Å². The second-order valence-corrected chi connectivity index (χ2v) is 8.06. The third-order valence-electron chi connectivity index (χ3n) is 5.31. The lowest BCUT2D eigenvalue weighted by Crippen LogP contribution is -2.43. The van der Waals surface area contributed by atoms with Gasteiger partial charge in [-0.25, -0.2) is 0 Å². The van der Waals surface area contributed by atoms with Gasteiger partial charge in [-0.1, -0.05) is 18.2 Å². The van der Waals surface area contributed by atoms with Crippen molar-refractivity contribution in [1.29, 1.82) is 0 Å². The van der Waals surface area contributed by atoms with Crippen molar-refractivity contribution in [1.82, 2.24) is 4.57 Å². The van der Waals surface area contributed by atoms with Crippen LogP contribution in [0.15, 0.2) is 42.5 Å². The summed E-state index contributed by atoms with van der Waals surface area (Å²) in [5.41, 5.74) is -3.73. The number of aromatic nitrogens is 1. The highest BCUT2D eigenvalue weighted by Crippen LogP contribution is 2.48. The average molecular weight is 419 g/mol. The van der Waals surface area contributed by atoms with E-state index in [9.17, 15) is 22.8 Å². The zero-order valence-electron chi connectivity index (χ0n) is 15.5. The molecule has 29 heavy (non-hydrogen) atoms. The Kier molecular flexibility index (Phi) is 4.49. The Balaban J connectivity index is 2.06. The molecule has 2 aromatic carbocycles. The lowest BCUT2D eigenvalue weighted by atomic mass is 9.77. The number of nitrogens with zero attached hydrogens (tertiary/aromatic N) is 1. The highest BCUT2D eigenvalue weighted by Gasteiger charge is 2.47. The fourth-order valence-corrected chi connectivity index (χ4v) is 4.63. The van der Waals surface area contributed by atoms with E-state index in [1.165, 1.54) is 18.6 Å². The predicted octanol–water partition coefficient (Wildman–Crippen LogP) is 5.29. The maximum atomic E-state index is 13.6. The number of para-hydroxylation sites is 1. The highest BCUT2D eigenvalue weighted by atomic mass is 32.2. The van der Waals surface area contributed by atoms with Gasteiger partial charge in [-0.3, -0.25) is 14.2 Å². The lowest BCUT2D eigenvalue weighted by molar-refractivity contribution is -0.0329. The molecule has 150 valence electrons. The number of carbonyl (C=O) groups excluding carboxylic acids is 2. The number of ether oxygens (including phenoxy) is 1. The molecule has 0 aliphatic carbocycles. The molecule has 1 aliphatic rings.